The van der Waals surface area contributed by atoms with Gasteiger partial charge in [-0.3, -0.25) is 4.79 Å². The number of hydrogen-bond acceptors (Lipinski definition) is 2. The number of carbonyl (C=O) groups excluding carboxylic acids is 1. The Bertz CT molecular complexity index is 476. The normalized spacial score (nSPS) is 21.6. The summed E-state index contributed by atoms with van der Waals surface area (Å²) in [5.41, 5.74) is 4.73. The minimum atomic E-state index is 0.191. The SMILES string of the molecule is CCN1c2cc(C)c(C=O)cc2[C@H](C)CC1(C)C. The van der Waals surface area contributed by atoms with E-state index in [9.17, 15) is 4.79 Å². The largest absolute Gasteiger partial charge is 0.366 e. The molecule has 0 saturated heterocycles. The van der Waals surface area contributed by atoms with Crippen molar-refractivity contribution in [2.24, 2.45) is 0 Å². The number of aryl methyl sites for hydroxylation is 1. The number of anilines is 1. The summed E-state index contributed by atoms with van der Waals surface area (Å²) in [6, 6.07) is 4.26. The van der Waals surface area contributed by atoms with E-state index < -0.39 is 0 Å². The van der Waals surface area contributed by atoms with Crippen LogP contribution in [0.4, 0.5) is 5.69 Å². The van der Waals surface area contributed by atoms with E-state index in [2.05, 4.69) is 44.7 Å². The third kappa shape index (κ3) is 1.94. The van der Waals surface area contributed by atoms with Gasteiger partial charge in [-0.25, -0.2) is 0 Å². The van der Waals surface area contributed by atoms with Crippen molar-refractivity contribution in [1.82, 2.24) is 0 Å². The first-order valence-corrected chi connectivity index (χ1v) is 6.78. The van der Waals surface area contributed by atoms with E-state index >= 15 is 0 Å². The van der Waals surface area contributed by atoms with Gasteiger partial charge in [0, 0.05) is 23.3 Å². The maximum absolute atomic E-state index is 11.1. The number of nitrogens with zero attached hydrogens (tertiary/aromatic N) is 1. The molecule has 0 N–H and O–H groups in total. The lowest BCUT2D eigenvalue weighted by Gasteiger charge is -2.47. The van der Waals surface area contributed by atoms with Crippen LogP contribution in [0, 0.1) is 6.92 Å². The van der Waals surface area contributed by atoms with Crippen molar-refractivity contribution in [3.05, 3.63) is 28.8 Å². The van der Waals surface area contributed by atoms with Gasteiger partial charge in [-0.2, -0.15) is 0 Å². The quantitative estimate of drug-likeness (QED) is 0.736. The Morgan fingerprint density at radius 2 is 2.11 bits per heavy atom. The second-order valence-electron chi connectivity index (χ2n) is 6.05. The fraction of sp³-hybridized carbons (Fsp3) is 0.562. The lowest BCUT2D eigenvalue weighted by molar-refractivity contribution is 0.112. The van der Waals surface area contributed by atoms with Crippen molar-refractivity contribution in [1.29, 1.82) is 0 Å². The summed E-state index contributed by atoms with van der Waals surface area (Å²) in [6.07, 6.45) is 2.10. The summed E-state index contributed by atoms with van der Waals surface area (Å²) in [7, 11) is 0. The number of carbonyl (C=O) groups is 1. The average molecular weight is 245 g/mol. The first-order valence-electron chi connectivity index (χ1n) is 6.78. The van der Waals surface area contributed by atoms with Gasteiger partial charge in [-0.05, 0) is 63.3 Å². The summed E-state index contributed by atoms with van der Waals surface area (Å²) in [5.74, 6) is 0.511. The highest BCUT2D eigenvalue weighted by Gasteiger charge is 2.35. The van der Waals surface area contributed by atoms with Gasteiger partial charge in [0.2, 0.25) is 0 Å². The van der Waals surface area contributed by atoms with E-state index in [1.807, 2.05) is 6.92 Å². The number of aldehydes is 1. The molecule has 2 heteroatoms. The monoisotopic (exact) mass is 245 g/mol. The van der Waals surface area contributed by atoms with Crippen LogP contribution >= 0.6 is 0 Å². The highest BCUT2D eigenvalue weighted by atomic mass is 16.1. The molecule has 0 aliphatic carbocycles. The van der Waals surface area contributed by atoms with Gasteiger partial charge in [0.25, 0.3) is 0 Å². The smallest absolute Gasteiger partial charge is 0.150 e. The molecule has 0 aromatic heterocycles. The number of hydrogen-bond donors (Lipinski definition) is 0. The van der Waals surface area contributed by atoms with Crippen molar-refractivity contribution < 1.29 is 4.79 Å². The standard InChI is InChI=1S/C16H23NO/c1-6-17-15-7-11(2)13(10-18)8-14(15)12(3)9-16(17,4)5/h7-8,10,12H,6,9H2,1-5H3/t12-/m1/s1. The van der Waals surface area contributed by atoms with Crippen LogP contribution in [0.5, 0.6) is 0 Å². The first-order chi connectivity index (χ1) is 8.40. The summed E-state index contributed by atoms with van der Waals surface area (Å²) < 4.78 is 0. The molecule has 1 heterocycles. The zero-order valence-electron chi connectivity index (χ0n) is 12.1. The maximum atomic E-state index is 11.1. The molecule has 0 saturated carbocycles. The fourth-order valence-electron chi connectivity index (χ4n) is 3.38. The summed E-state index contributed by atoms with van der Waals surface area (Å²) in [6.45, 7) is 12.1. The average Bonchev–Trinajstić information content (AvgIpc) is 2.27. The predicted octanol–water partition coefficient (Wildman–Crippen LogP) is 3.92. The summed E-state index contributed by atoms with van der Waals surface area (Å²) >= 11 is 0. The van der Waals surface area contributed by atoms with Crippen molar-refractivity contribution in [3.63, 3.8) is 0 Å². The molecule has 1 aromatic carbocycles. The third-order valence-corrected chi connectivity index (χ3v) is 4.22. The lowest BCUT2D eigenvalue weighted by atomic mass is 9.79. The molecule has 1 aliphatic rings. The predicted molar refractivity (Wildman–Crippen MR) is 76.7 cm³/mol. The molecule has 1 aliphatic heterocycles. The molecule has 0 amide bonds. The minimum absolute atomic E-state index is 0.191. The molecule has 0 bridgehead atoms. The molecule has 0 radical (unpaired) electrons. The van der Waals surface area contributed by atoms with Crippen LogP contribution in [0.3, 0.4) is 0 Å². The van der Waals surface area contributed by atoms with Crippen molar-refractivity contribution in [2.75, 3.05) is 11.4 Å². The maximum Gasteiger partial charge on any atom is 0.150 e. The fourth-order valence-corrected chi connectivity index (χ4v) is 3.38. The van der Waals surface area contributed by atoms with Crippen LogP contribution in [0.1, 0.15) is 61.5 Å². The Balaban J connectivity index is 2.62. The van der Waals surface area contributed by atoms with E-state index in [4.69, 9.17) is 0 Å². The summed E-state index contributed by atoms with van der Waals surface area (Å²) in [5, 5.41) is 0. The Kier molecular flexibility index (Phi) is 3.22. The Morgan fingerprint density at radius 1 is 1.44 bits per heavy atom. The zero-order chi connectivity index (χ0) is 13.5. The van der Waals surface area contributed by atoms with Crippen LogP contribution in [0.15, 0.2) is 12.1 Å². The topological polar surface area (TPSA) is 20.3 Å². The minimum Gasteiger partial charge on any atom is -0.366 e. The molecular weight excluding hydrogens is 222 g/mol. The lowest BCUT2D eigenvalue weighted by Crippen LogP contribution is -2.48. The van der Waals surface area contributed by atoms with Gasteiger partial charge in [0.05, 0.1) is 0 Å². The molecule has 1 aromatic rings. The van der Waals surface area contributed by atoms with E-state index in [1.165, 1.54) is 11.3 Å². The van der Waals surface area contributed by atoms with E-state index in [0.29, 0.717) is 5.92 Å². The molecule has 98 valence electrons. The second-order valence-corrected chi connectivity index (χ2v) is 6.05. The second kappa shape index (κ2) is 4.42. The molecule has 0 spiro atoms. The third-order valence-electron chi connectivity index (χ3n) is 4.22. The van der Waals surface area contributed by atoms with Crippen molar-refractivity contribution >= 4 is 12.0 Å². The van der Waals surface area contributed by atoms with Gasteiger partial charge < -0.3 is 4.90 Å². The molecule has 2 nitrogen and oxygen atoms in total. The Hall–Kier alpha value is -1.31. The van der Waals surface area contributed by atoms with E-state index in [1.54, 1.807) is 0 Å². The van der Waals surface area contributed by atoms with Gasteiger partial charge in [-0.15, -0.1) is 0 Å². The van der Waals surface area contributed by atoms with Crippen LogP contribution in [0.25, 0.3) is 0 Å². The molecule has 0 fully saturated rings. The van der Waals surface area contributed by atoms with Crippen LogP contribution in [0.2, 0.25) is 0 Å². The highest BCUT2D eigenvalue weighted by Crippen LogP contribution is 2.43. The highest BCUT2D eigenvalue weighted by molar-refractivity contribution is 5.80. The molecule has 2 rings (SSSR count). The number of fused-ring (bicyclic) bond motifs is 1. The molecule has 1 atom stereocenters. The van der Waals surface area contributed by atoms with Gasteiger partial charge in [0.1, 0.15) is 6.29 Å². The van der Waals surface area contributed by atoms with Crippen molar-refractivity contribution in [2.45, 2.75) is 52.5 Å². The van der Waals surface area contributed by atoms with Crippen molar-refractivity contribution in [3.8, 4) is 0 Å². The van der Waals surface area contributed by atoms with Crippen LogP contribution in [-0.2, 0) is 0 Å². The Morgan fingerprint density at radius 3 is 2.67 bits per heavy atom. The van der Waals surface area contributed by atoms with E-state index in [-0.39, 0.29) is 5.54 Å². The molecule has 0 unspecified atom stereocenters. The molecule has 18 heavy (non-hydrogen) atoms. The Labute approximate surface area is 110 Å². The van der Waals surface area contributed by atoms with Gasteiger partial charge >= 0.3 is 0 Å². The van der Waals surface area contributed by atoms with E-state index in [0.717, 1.165) is 30.4 Å². The summed E-state index contributed by atoms with van der Waals surface area (Å²) in [4.78, 5) is 13.5. The first kappa shape index (κ1) is 13.1. The number of benzene rings is 1. The zero-order valence-corrected chi connectivity index (χ0v) is 12.1. The van der Waals surface area contributed by atoms with Crippen LogP contribution in [-0.4, -0.2) is 18.4 Å². The van der Waals surface area contributed by atoms with Gasteiger partial charge in [0.15, 0.2) is 0 Å². The van der Waals surface area contributed by atoms with Gasteiger partial charge in [-0.1, -0.05) is 6.92 Å². The van der Waals surface area contributed by atoms with Crippen LogP contribution < -0.4 is 4.90 Å². The number of rotatable bonds is 2. The molecular formula is C16H23NO.